The lowest BCUT2D eigenvalue weighted by Gasteiger charge is -2.36. The van der Waals surface area contributed by atoms with Crippen molar-refractivity contribution in [3.8, 4) is 0 Å². The molecule has 1 fully saturated rings. The Morgan fingerprint density at radius 1 is 1.00 bits per heavy atom. The maximum Gasteiger partial charge on any atom is 0.408 e. The van der Waals surface area contributed by atoms with Gasteiger partial charge in [0, 0.05) is 16.5 Å². The van der Waals surface area contributed by atoms with E-state index in [9.17, 15) is 24.0 Å². The van der Waals surface area contributed by atoms with E-state index < -0.39 is 55.9 Å². The lowest BCUT2D eigenvalue weighted by molar-refractivity contribution is -0.154. The van der Waals surface area contributed by atoms with Gasteiger partial charge in [0.15, 0.2) is 8.32 Å². The molecule has 2 aromatic carbocycles. The van der Waals surface area contributed by atoms with Gasteiger partial charge >= 0.3 is 12.1 Å². The summed E-state index contributed by atoms with van der Waals surface area (Å²) in [5.41, 5.74) is 4.99. The van der Waals surface area contributed by atoms with Crippen LogP contribution in [0.5, 0.6) is 0 Å². The lowest BCUT2D eigenvalue weighted by Crippen LogP contribution is -2.62. The average molecular weight is 823 g/mol. The van der Waals surface area contributed by atoms with Crippen LogP contribution >= 0.6 is 22.6 Å². The van der Waals surface area contributed by atoms with Gasteiger partial charge in [-0.2, -0.15) is 0 Å². The predicted molar refractivity (Wildman–Crippen MR) is 204 cm³/mol. The molecule has 0 radical (unpaired) electrons. The molecule has 13 heteroatoms. The monoisotopic (exact) mass is 822 g/mol. The van der Waals surface area contributed by atoms with E-state index in [1.54, 1.807) is 34.6 Å². The summed E-state index contributed by atoms with van der Waals surface area (Å²) in [5.74, 6) is -1.72. The van der Waals surface area contributed by atoms with Crippen LogP contribution < -0.4 is 16.1 Å². The first-order chi connectivity index (χ1) is 23.1. The molecule has 3 atom stereocenters. The highest BCUT2D eigenvalue weighted by atomic mass is 127. The number of nitrogens with zero attached hydrogens (tertiary/aromatic N) is 1. The molecule has 0 aromatic heterocycles. The molecule has 1 aliphatic heterocycles. The van der Waals surface area contributed by atoms with Crippen LogP contribution in [0.1, 0.15) is 78.0 Å². The zero-order chi connectivity index (χ0) is 37.4. The van der Waals surface area contributed by atoms with Crippen LogP contribution in [-0.2, 0) is 43.3 Å². The second-order valence-electron chi connectivity index (χ2n) is 15.6. The van der Waals surface area contributed by atoms with Gasteiger partial charge in [-0.05, 0) is 115 Å². The molecule has 3 rings (SSSR count). The fraction of sp³-hybridized carbons (Fsp3) is 0.568. The Hall–Kier alpha value is -3.01. The number of esters is 1. The Balaban J connectivity index is 1.84. The van der Waals surface area contributed by atoms with E-state index in [0.717, 1.165) is 20.3 Å². The molecule has 0 spiro atoms. The highest BCUT2D eigenvalue weighted by Gasteiger charge is 2.39. The van der Waals surface area contributed by atoms with E-state index in [-0.39, 0.29) is 24.0 Å². The van der Waals surface area contributed by atoms with Gasteiger partial charge in [-0.15, -0.1) is 0 Å². The van der Waals surface area contributed by atoms with E-state index in [2.05, 4.69) is 52.5 Å². The predicted octanol–water partition coefficient (Wildman–Crippen LogP) is 5.63. The minimum Gasteiger partial charge on any atom is -0.460 e. The van der Waals surface area contributed by atoms with Crippen molar-refractivity contribution in [2.24, 2.45) is 5.92 Å². The average Bonchev–Trinajstić information content (AvgIpc) is 3.00. The summed E-state index contributed by atoms with van der Waals surface area (Å²) in [6.45, 7) is 17.2. The van der Waals surface area contributed by atoms with E-state index in [1.807, 2.05) is 61.6 Å². The fourth-order valence-electron chi connectivity index (χ4n) is 5.44. The minimum atomic E-state index is -2.48. The molecule has 0 aliphatic carbocycles. The van der Waals surface area contributed by atoms with E-state index >= 15 is 0 Å². The van der Waals surface area contributed by atoms with Crippen molar-refractivity contribution in [1.82, 2.24) is 21.1 Å². The van der Waals surface area contributed by atoms with Gasteiger partial charge in [0.1, 0.15) is 30.3 Å². The fourth-order valence-corrected chi connectivity index (χ4v) is 6.69. The topological polar surface area (TPSA) is 146 Å². The number of carbonyl (C=O) groups excluding carboxylic acids is 4. The van der Waals surface area contributed by atoms with Gasteiger partial charge in [0.05, 0.1) is 0 Å². The molecule has 4 N–H and O–H groups in total. The van der Waals surface area contributed by atoms with Crippen molar-refractivity contribution in [1.29, 1.82) is 0 Å². The SMILES string of the molecule is CC(C)[C@H](NC(=O)OC(C)(C)C)C(=O)N[C@@H](Cc1cccc(CC(C)(C)[Si](C)(C)O)c1)C(=O)N1CCC[C@@H](C(=O)OCc2cccc(I)c2)N1. The lowest BCUT2D eigenvalue weighted by atomic mass is 9.96. The zero-order valence-corrected chi connectivity index (χ0v) is 34.1. The third-order valence-electron chi connectivity index (χ3n) is 8.98. The van der Waals surface area contributed by atoms with Crippen molar-refractivity contribution < 1.29 is 33.4 Å². The molecule has 3 amide bonds. The molecule has 0 saturated carbocycles. The van der Waals surface area contributed by atoms with Crippen LogP contribution in [0.15, 0.2) is 48.5 Å². The smallest absolute Gasteiger partial charge is 0.408 e. The first kappa shape index (κ1) is 41.4. The van der Waals surface area contributed by atoms with Crippen molar-refractivity contribution >= 4 is 54.8 Å². The first-order valence-corrected chi connectivity index (χ1v) is 21.3. The number of amides is 3. The summed E-state index contributed by atoms with van der Waals surface area (Å²) < 4.78 is 12.0. The van der Waals surface area contributed by atoms with Crippen LogP contribution in [0.4, 0.5) is 4.79 Å². The summed E-state index contributed by atoms with van der Waals surface area (Å²) in [5, 5.41) is 6.67. The van der Waals surface area contributed by atoms with Gasteiger partial charge in [-0.3, -0.25) is 19.4 Å². The third-order valence-corrected chi connectivity index (χ3v) is 13.1. The van der Waals surface area contributed by atoms with Crippen molar-refractivity contribution in [2.75, 3.05) is 6.54 Å². The molecule has 0 bridgehead atoms. The normalized spacial score (nSPS) is 16.7. The molecule has 0 unspecified atom stereocenters. The highest BCUT2D eigenvalue weighted by Crippen LogP contribution is 2.38. The number of ether oxygens (including phenoxy) is 2. The van der Waals surface area contributed by atoms with Gasteiger partial charge < -0.3 is 24.9 Å². The molecule has 50 heavy (non-hydrogen) atoms. The molecule has 1 saturated heterocycles. The quantitative estimate of drug-likeness (QED) is 0.116. The molecular formula is C37H55IN4O7Si. The zero-order valence-electron chi connectivity index (χ0n) is 30.9. The second kappa shape index (κ2) is 17.5. The Morgan fingerprint density at radius 3 is 2.26 bits per heavy atom. The standard InChI is InChI=1S/C37H55IN4O7Si/c1-24(2)31(40-35(46)49-36(3,4)5)32(43)39-30(21-25-13-10-14-26(19-25)22-37(6,7)50(8,9)47)33(44)42-18-12-17-29(41-42)34(45)48-23-27-15-11-16-28(38)20-27/h10-11,13-16,19-20,24,29-31,41,47H,12,17-18,21-23H2,1-9H3,(H,39,43)(H,40,46)/t29-,30-,31-/m0/s1. The van der Waals surface area contributed by atoms with Crippen molar-refractivity contribution in [3.63, 3.8) is 0 Å². The van der Waals surface area contributed by atoms with Gasteiger partial charge in [0.25, 0.3) is 5.91 Å². The van der Waals surface area contributed by atoms with Gasteiger partial charge in [0.2, 0.25) is 5.91 Å². The van der Waals surface area contributed by atoms with E-state index in [4.69, 9.17) is 9.47 Å². The first-order valence-electron chi connectivity index (χ1n) is 17.2. The number of hydrogen-bond donors (Lipinski definition) is 4. The summed E-state index contributed by atoms with van der Waals surface area (Å²) in [6, 6.07) is 12.8. The van der Waals surface area contributed by atoms with Crippen molar-refractivity contribution in [3.05, 3.63) is 68.8 Å². The number of rotatable bonds is 13. The maximum absolute atomic E-state index is 14.2. The molecule has 1 heterocycles. The summed E-state index contributed by atoms with van der Waals surface area (Å²) in [6.07, 6.45) is 1.13. The Morgan fingerprint density at radius 2 is 1.64 bits per heavy atom. The van der Waals surface area contributed by atoms with Crippen LogP contribution in [0.3, 0.4) is 0 Å². The number of benzene rings is 2. The second-order valence-corrected chi connectivity index (χ2v) is 21.3. The minimum absolute atomic E-state index is 0.116. The van der Waals surface area contributed by atoms with Crippen molar-refractivity contribution in [2.45, 2.75) is 123 Å². The van der Waals surface area contributed by atoms with Crippen LogP contribution in [-0.4, -0.2) is 72.3 Å². The number of halogens is 1. The molecule has 2 aromatic rings. The summed E-state index contributed by atoms with van der Waals surface area (Å²) >= 11 is 2.20. The molecule has 11 nitrogen and oxygen atoms in total. The van der Waals surface area contributed by atoms with E-state index in [1.165, 1.54) is 5.01 Å². The molecule has 1 aliphatic rings. The van der Waals surface area contributed by atoms with Gasteiger partial charge in [-0.25, -0.2) is 10.2 Å². The Bertz CT molecular complexity index is 1510. The van der Waals surface area contributed by atoms with Crippen LogP contribution in [0, 0.1) is 9.49 Å². The van der Waals surface area contributed by atoms with Gasteiger partial charge in [-0.1, -0.05) is 64.1 Å². The summed E-state index contributed by atoms with van der Waals surface area (Å²) in [4.78, 5) is 64.6. The number of nitrogens with one attached hydrogen (secondary N) is 3. The summed E-state index contributed by atoms with van der Waals surface area (Å²) in [7, 11) is -2.48. The highest BCUT2D eigenvalue weighted by molar-refractivity contribution is 14.1. The number of carbonyl (C=O) groups is 4. The molecule has 276 valence electrons. The third kappa shape index (κ3) is 12.6. The van der Waals surface area contributed by atoms with E-state index in [0.29, 0.717) is 25.8 Å². The molecular weight excluding hydrogens is 767 g/mol. The van der Waals surface area contributed by atoms with Crippen LogP contribution in [0.25, 0.3) is 0 Å². The number of alkyl carbamates (subject to hydrolysis) is 1. The Labute approximate surface area is 311 Å². The number of hydrazine groups is 1. The Kier molecular flexibility index (Phi) is 14.5. The maximum atomic E-state index is 14.2. The van der Waals surface area contributed by atoms with Crippen LogP contribution in [0.2, 0.25) is 18.1 Å². The number of hydrogen-bond acceptors (Lipinski definition) is 8. The largest absolute Gasteiger partial charge is 0.460 e.